The third kappa shape index (κ3) is 4.30. The van der Waals surface area contributed by atoms with Crippen LogP contribution in [0.4, 0.5) is 4.79 Å². The smallest absolute Gasteiger partial charge is 0.315 e. The number of nitrogens with zero attached hydrogens (tertiary/aromatic N) is 3. The molecule has 0 unspecified atom stereocenters. The summed E-state index contributed by atoms with van der Waals surface area (Å²) in [5, 5.41) is 18.2. The molecule has 2 amide bonds. The van der Waals surface area contributed by atoms with Gasteiger partial charge in [0.15, 0.2) is 0 Å². The number of carbonyl (C=O) groups excluding carboxylic acids is 1. The maximum absolute atomic E-state index is 11.8. The van der Waals surface area contributed by atoms with Crippen molar-refractivity contribution in [1.82, 2.24) is 25.6 Å². The molecule has 0 saturated carbocycles. The van der Waals surface area contributed by atoms with E-state index in [4.69, 9.17) is 11.6 Å². The van der Waals surface area contributed by atoms with Crippen LogP contribution in [0.5, 0.6) is 0 Å². The summed E-state index contributed by atoms with van der Waals surface area (Å²) in [5.74, 6) is 0. The standard InChI is InChI=1S/C15H14ClN5OS/c16-12-3-1-11(2-4-12)7-17-15(22)18-8-13-9-21(20-19-13)14-5-6-23-10-14/h1-6,9-10H,7-8H2,(H2,17,18,22). The minimum Gasteiger partial charge on any atom is -0.334 e. The van der Waals surface area contributed by atoms with Crippen LogP contribution < -0.4 is 10.6 Å². The van der Waals surface area contributed by atoms with Gasteiger partial charge in [0.2, 0.25) is 0 Å². The summed E-state index contributed by atoms with van der Waals surface area (Å²) in [5.41, 5.74) is 2.63. The highest BCUT2D eigenvalue weighted by Crippen LogP contribution is 2.11. The van der Waals surface area contributed by atoms with Gasteiger partial charge in [0.1, 0.15) is 5.69 Å². The molecule has 3 rings (SSSR count). The van der Waals surface area contributed by atoms with Crippen molar-refractivity contribution in [3.05, 3.63) is 63.6 Å². The number of nitrogens with one attached hydrogen (secondary N) is 2. The minimum atomic E-state index is -0.259. The Kier molecular flexibility index (Phi) is 4.89. The van der Waals surface area contributed by atoms with Crippen LogP contribution in [0.25, 0.3) is 5.69 Å². The SMILES string of the molecule is O=C(NCc1ccc(Cl)cc1)NCc1cn(-c2ccsc2)nn1. The number of carbonyl (C=O) groups is 1. The van der Waals surface area contributed by atoms with Crippen LogP contribution in [0.1, 0.15) is 11.3 Å². The van der Waals surface area contributed by atoms with Crippen LogP contribution in [0.3, 0.4) is 0 Å². The van der Waals surface area contributed by atoms with E-state index >= 15 is 0 Å². The molecule has 8 heteroatoms. The molecule has 2 N–H and O–H groups in total. The molecule has 6 nitrogen and oxygen atoms in total. The van der Waals surface area contributed by atoms with Gasteiger partial charge >= 0.3 is 6.03 Å². The summed E-state index contributed by atoms with van der Waals surface area (Å²) in [7, 11) is 0. The Bertz CT molecular complexity index is 770. The first-order valence-electron chi connectivity index (χ1n) is 6.90. The first-order chi connectivity index (χ1) is 11.2. The highest BCUT2D eigenvalue weighted by molar-refractivity contribution is 7.08. The van der Waals surface area contributed by atoms with Gasteiger partial charge in [-0.15, -0.1) is 5.10 Å². The zero-order valence-corrected chi connectivity index (χ0v) is 13.6. The van der Waals surface area contributed by atoms with Gasteiger partial charge in [0.05, 0.1) is 18.4 Å². The Morgan fingerprint density at radius 1 is 1.17 bits per heavy atom. The highest BCUT2D eigenvalue weighted by atomic mass is 35.5. The third-order valence-electron chi connectivity index (χ3n) is 3.11. The van der Waals surface area contributed by atoms with Gasteiger partial charge in [-0.1, -0.05) is 28.9 Å². The van der Waals surface area contributed by atoms with Crippen LogP contribution in [-0.2, 0) is 13.1 Å². The van der Waals surface area contributed by atoms with Gasteiger partial charge in [-0.25, -0.2) is 9.48 Å². The molecular weight excluding hydrogens is 334 g/mol. The zero-order chi connectivity index (χ0) is 16.1. The Morgan fingerprint density at radius 2 is 1.96 bits per heavy atom. The summed E-state index contributed by atoms with van der Waals surface area (Å²) in [6.45, 7) is 0.751. The van der Waals surface area contributed by atoms with E-state index in [1.54, 1.807) is 34.3 Å². The van der Waals surface area contributed by atoms with Crippen molar-refractivity contribution in [1.29, 1.82) is 0 Å². The lowest BCUT2D eigenvalue weighted by Gasteiger charge is -2.06. The molecule has 23 heavy (non-hydrogen) atoms. The number of thiophene rings is 1. The third-order valence-corrected chi connectivity index (χ3v) is 4.03. The molecule has 2 heterocycles. The molecule has 0 saturated heterocycles. The summed E-state index contributed by atoms with van der Waals surface area (Å²) in [4.78, 5) is 11.8. The number of hydrogen-bond donors (Lipinski definition) is 2. The van der Waals surface area contributed by atoms with Crippen molar-refractivity contribution in [2.75, 3.05) is 0 Å². The van der Waals surface area contributed by atoms with Gasteiger partial charge in [-0.3, -0.25) is 0 Å². The van der Waals surface area contributed by atoms with Crippen LogP contribution >= 0.6 is 22.9 Å². The molecule has 0 aliphatic rings. The Morgan fingerprint density at radius 3 is 2.70 bits per heavy atom. The molecule has 1 aromatic carbocycles. The Hall–Kier alpha value is -2.38. The monoisotopic (exact) mass is 347 g/mol. The first kappa shape index (κ1) is 15.5. The number of halogens is 1. The van der Waals surface area contributed by atoms with Gasteiger partial charge < -0.3 is 10.6 Å². The second-order valence-corrected chi connectivity index (χ2v) is 6.02. The lowest BCUT2D eigenvalue weighted by atomic mass is 10.2. The largest absolute Gasteiger partial charge is 0.334 e. The molecule has 0 atom stereocenters. The van der Waals surface area contributed by atoms with E-state index in [-0.39, 0.29) is 6.03 Å². The number of amides is 2. The predicted octanol–water partition coefficient (Wildman–Crippen LogP) is 2.98. The number of hydrogen-bond acceptors (Lipinski definition) is 4. The molecule has 0 spiro atoms. The summed E-state index contributed by atoms with van der Waals surface area (Å²) in [6, 6.07) is 9.02. The van der Waals surface area contributed by atoms with Crippen LogP contribution in [0.15, 0.2) is 47.3 Å². The van der Waals surface area contributed by atoms with Crippen molar-refractivity contribution in [3.8, 4) is 5.69 Å². The van der Waals surface area contributed by atoms with Crippen LogP contribution in [0, 0.1) is 0 Å². The Labute approximate surface area is 142 Å². The van der Waals surface area contributed by atoms with Gasteiger partial charge in [-0.2, -0.15) is 11.3 Å². The summed E-state index contributed by atoms with van der Waals surface area (Å²) in [6.07, 6.45) is 1.79. The van der Waals surface area contributed by atoms with Crippen LogP contribution in [0.2, 0.25) is 5.02 Å². The van der Waals surface area contributed by atoms with Crippen molar-refractivity contribution >= 4 is 29.0 Å². The van der Waals surface area contributed by atoms with Crippen LogP contribution in [-0.4, -0.2) is 21.0 Å². The topological polar surface area (TPSA) is 71.8 Å². The van der Waals surface area contributed by atoms with E-state index in [0.717, 1.165) is 11.3 Å². The quantitative estimate of drug-likeness (QED) is 0.745. The van der Waals surface area contributed by atoms with Gasteiger partial charge in [0, 0.05) is 16.9 Å². The lowest BCUT2D eigenvalue weighted by molar-refractivity contribution is 0.240. The second-order valence-electron chi connectivity index (χ2n) is 4.80. The van der Waals surface area contributed by atoms with E-state index in [2.05, 4.69) is 20.9 Å². The fraction of sp³-hybridized carbons (Fsp3) is 0.133. The second kappa shape index (κ2) is 7.26. The molecule has 0 aliphatic heterocycles. The average molecular weight is 348 g/mol. The fourth-order valence-corrected chi connectivity index (χ4v) is 2.66. The van der Waals surface area contributed by atoms with E-state index < -0.39 is 0 Å². The van der Waals surface area contributed by atoms with Crippen molar-refractivity contribution in [3.63, 3.8) is 0 Å². The van der Waals surface area contributed by atoms with E-state index in [9.17, 15) is 4.79 Å². The molecule has 0 radical (unpaired) electrons. The number of aromatic nitrogens is 3. The molecule has 0 bridgehead atoms. The maximum atomic E-state index is 11.8. The molecule has 118 valence electrons. The number of benzene rings is 1. The Balaban J connectivity index is 1.46. The summed E-state index contributed by atoms with van der Waals surface area (Å²) >= 11 is 7.41. The lowest BCUT2D eigenvalue weighted by Crippen LogP contribution is -2.34. The summed E-state index contributed by atoms with van der Waals surface area (Å²) < 4.78 is 1.68. The predicted molar refractivity (Wildman–Crippen MR) is 89.8 cm³/mol. The molecule has 2 aromatic heterocycles. The van der Waals surface area contributed by atoms with Crippen molar-refractivity contribution < 1.29 is 4.79 Å². The normalized spacial score (nSPS) is 10.5. The average Bonchev–Trinajstić information content (AvgIpc) is 3.23. The van der Waals surface area contributed by atoms with E-state index in [0.29, 0.717) is 23.8 Å². The molecular formula is C15H14ClN5OS. The first-order valence-corrected chi connectivity index (χ1v) is 8.23. The van der Waals surface area contributed by atoms with E-state index in [1.165, 1.54) is 0 Å². The van der Waals surface area contributed by atoms with Gasteiger partial charge in [0.25, 0.3) is 0 Å². The number of rotatable bonds is 5. The fourth-order valence-electron chi connectivity index (χ4n) is 1.91. The maximum Gasteiger partial charge on any atom is 0.315 e. The highest BCUT2D eigenvalue weighted by Gasteiger charge is 2.05. The number of urea groups is 1. The zero-order valence-electron chi connectivity index (χ0n) is 12.1. The van der Waals surface area contributed by atoms with Crippen molar-refractivity contribution in [2.24, 2.45) is 0 Å². The minimum absolute atomic E-state index is 0.259. The van der Waals surface area contributed by atoms with E-state index in [1.807, 2.05) is 29.0 Å². The molecule has 3 aromatic rings. The molecule has 0 aliphatic carbocycles. The van der Waals surface area contributed by atoms with Crippen molar-refractivity contribution in [2.45, 2.75) is 13.1 Å². The molecule has 0 fully saturated rings. The van der Waals surface area contributed by atoms with Gasteiger partial charge in [-0.05, 0) is 29.1 Å².